The molecule has 18 heavy (non-hydrogen) atoms. The van der Waals surface area contributed by atoms with Crippen LogP contribution in [-0.4, -0.2) is 22.5 Å². The number of nitrogens with zero attached hydrogens (tertiary/aromatic N) is 1. The summed E-state index contributed by atoms with van der Waals surface area (Å²) < 4.78 is 0.678. The molecule has 6 heteroatoms. The number of amides is 1. The SMILES string of the molecule is O=C(NCC(O)c1ccsc1)c1ccc(Br)nc1. The molecule has 0 aliphatic heterocycles. The topological polar surface area (TPSA) is 62.2 Å². The summed E-state index contributed by atoms with van der Waals surface area (Å²) >= 11 is 4.71. The second-order valence-corrected chi connectivity index (χ2v) is 5.24. The molecule has 2 aromatic rings. The van der Waals surface area contributed by atoms with Gasteiger partial charge in [0.2, 0.25) is 0 Å². The van der Waals surface area contributed by atoms with Crippen LogP contribution in [0.1, 0.15) is 22.0 Å². The van der Waals surface area contributed by atoms with Crippen molar-refractivity contribution in [3.63, 3.8) is 0 Å². The minimum absolute atomic E-state index is 0.186. The van der Waals surface area contributed by atoms with Crippen LogP contribution in [0.2, 0.25) is 0 Å². The molecule has 2 rings (SSSR count). The van der Waals surface area contributed by atoms with E-state index in [1.807, 2.05) is 16.8 Å². The first-order valence-corrected chi connectivity index (χ1v) is 7.00. The van der Waals surface area contributed by atoms with Crippen LogP contribution in [0.25, 0.3) is 0 Å². The lowest BCUT2D eigenvalue weighted by atomic mass is 10.2. The molecule has 2 heterocycles. The fourth-order valence-corrected chi connectivity index (χ4v) is 2.33. The van der Waals surface area contributed by atoms with Gasteiger partial charge in [0.25, 0.3) is 5.91 Å². The molecule has 94 valence electrons. The lowest BCUT2D eigenvalue weighted by molar-refractivity contribution is 0.0916. The highest BCUT2D eigenvalue weighted by Crippen LogP contribution is 2.15. The fourth-order valence-electron chi connectivity index (χ4n) is 1.38. The molecule has 4 nitrogen and oxygen atoms in total. The number of aliphatic hydroxyl groups excluding tert-OH is 1. The molecule has 2 aromatic heterocycles. The van der Waals surface area contributed by atoms with E-state index in [2.05, 4.69) is 26.2 Å². The van der Waals surface area contributed by atoms with Crippen LogP contribution in [-0.2, 0) is 0 Å². The third-order valence-corrected chi connectivity index (χ3v) is 3.54. The van der Waals surface area contributed by atoms with Gasteiger partial charge in [0, 0.05) is 12.7 Å². The van der Waals surface area contributed by atoms with Crippen LogP contribution < -0.4 is 5.32 Å². The minimum Gasteiger partial charge on any atom is -0.387 e. The Morgan fingerprint density at radius 3 is 2.94 bits per heavy atom. The highest BCUT2D eigenvalue weighted by atomic mass is 79.9. The molecule has 1 atom stereocenters. The number of aliphatic hydroxyl groups is 1. The van der Waals surface area contributed by atoms with Crippen LogP contribution in [0.4, 0.5) is 0 Å². The lowest BCUT2D eigenvalue weighted by Gasteiger charge is -2.10. The number of pyridine rings is 1. The molecule has 0 aromatic carbocycles. The molecule has 0 aliphatic carbocycles. The Hall–Kier alpha value is -1.24. The van der Waals surface area contributed by atoms with Crippen LogP contribution in [0, 0.1) is 0 Å². The van der Waals surface area contributed by atoms with Crippen molar-refractivity contribution in [2.24, 2.45) is 0 Å². The summed E-state index contributed by atoms with van der Waals surface area (Å²) in [7, 11) is 0. The number of thiophene rings is 1. The quantitative estimate of drug-likeness (QED) is 0.848. The average Bonchev–Trinajstić information content (AvgIpc) is 2.90. The van der Waals surface area contributed by atoms with Crippen molar-refractivity contribution in [3.05, 3.63) is 50.9 Å². The molecular formula is C12H11BrN2O2S. The van der Waals surface area contributed by atoms with Gasteiger partial charge in [0.15, 0.2) is 0 Å². The zero-order valence-corrected chi connectivity index (χ0v) is 11.7. The highest BCUT2D eigenvalue weighted by molar-refractivity contribution is 9.10. The summed E-state index contributed by atoms with van der Waals surface area (Å²) in [6.07, 6.45) is 0.805. The summed E-state index contributed by atoms with van der Waals surface area (Å²) in [5.41, 5.74) is 1.28. The Labute approximate surface area is 117 Å². The minimum atomic E-state index is -0.677. The summed E-state index contributed by atoms with van der Waals surface area (Å²) in [6.45, 7) is 0.186. The van der Waals surface area contributed by atoms with Crippen molar-refractivity contribution in [1.29, 1.82) is 0 Å². The normalized spacial score (nSPS) is 12.1. The highest BCUT2D eigenvalue weighted by Gasteiger charge is 2.11. The Morgan fingerprint density at radius 2 is 2.33 bits per heavy atom. The molecule has 0 aliphatic rings. The molecule has 1 unspecified atom stereocenters. The monoisotopic (exact) mass is 326 g/mol. The number of aromatic nitrogens is 1. The summed E-state index contributed by atoms with van der Waals surface area (Å²) in [5.74, 6) is -0.246. The van der Waals surface area contributed by atoms with Gasteiger partial charge in [-0.05, 0) is 50.5 Å². The zero-order valence-electron chi connectivity index (χ0n) is 9.34. The average molecular weight is 327 g/mol. The number of rotatable bonds is 4. The summed E-state index contributed by atoms with van der Waals surface area (Å²) in [4.78, 5) is 15.7. The largest absolute Gasteiger partial charge is 0.387 e. The van der Waals surface area contributed by atoms with E-state index >= 15 is 0 Å². The van der Waals surface area contributed by atoms with E-state index in [1.54, 1.807) is 12.1 Å². The van der Waals surface area contributed by atoms with Gasteiger partial charge in [-0.3, -0.25) is 4.79 Å². The van der Waals surface area contributed by atoms with Crippen LogP contribution >= 0.6 is 27.3 Å². The molecule has 2 N–H and O–H groups in total. The Kier molecular flexibility index (Phi) is 4.46. The molecule has 1 amide bonds. The number of halogens is 1. The Bertz CT molecular complexity index is 513. The van der Waals surface area contributed by atoms with Crippen LogP contribution in [0.5, 0.6) is 0 Å². The number of hydrogen-bond donors (Lipinski definition) is 2. The number of carbonyl (C=O) groups is 1. The van der Waals surface area contributed by atoms with Gasteiger partial charge in [0.1, 0.15) is 4.60 Å². The van der Waals surface area contributed by atoms with Gasteiger partial charge in [-0.15, -0.1) is 0 Å². The van der Waals surface area contributed by atoms with Crippen LogP contribution in [0.15, 0.2) is 39.8 Å². The molecule has 0 fully saturated rings. The van der Waals surface area contributed by atoms with E-state index < -0.39 is 6.10 Å². The summed E-state index contributed by atoms with van der Waals surface area (Å²) in [6, 6.07) is 5.20. The maximum Gasteiger partial charge on any atom is 0.252 e. The molecule has 0 saturated carbocycles. The lowest BCUT2D eigenvalue weighted by Crippen LogP contribution is -2.28. The smallest absolute Gasteiger partial charge is 0.252 e. The van der Waals surface area contributed by atoms with Crippen molar-refractivity contribution in [2.45, 2.75) is 6.10 Å². The number of hydrogen-bond acceptors (Lipinski definition) is 4. The maximum absolute atomic E-state index is 11.8. The molecule has 0 bridgehead atoms. The first-order valence-electron chi connectivity index (χ1n) is 5.27. The predicted octanol–water partition coefficient (Wildman–Crippen LogP) is 2.37. The zero-order chi connectivity index (χ0) is 13.0. The molecule has 0 saturated heterocycles. The van der Waals surface area contributed by atoms with Gasteiger partial charge >= 0.3 is 0 Å². The fraction of sp³-hybridized carbons (Fsp3) is 0.167. The molecular weight excluding hydrogens is 316 g/mol. The third kappa shape index (κ3) is 3.38. The number of carbonyl (C=O) groups excluding carboxylic acids is 1. The predicted molar refractivity (Wildman–Crippen MR) is 73.5 cm³/mol. The maximum atomic E-state index is 11.8. The first-order chi connectivity index (χ1) is 8.66. The first kappa shape index (κ1) is 13.2. The number of nitrogens with one attached hydrogen (secondary N) is 1. The third-order valence-electron chi connectivity index (χ3n) is 2.37. The van der Waals surface area contributed by atoms with Gasteiger partial charge in [-0.2, -0.15) is 11.3 Å². The van der Waals surface area contributed by atoms with Gasteiger partial charge in [0.05, 0.1) is 11.7 Å². The van der Waals surface area contributed by atoms with Crippen molar-refractivity contribution in [1.82, 2.24) is 10.3 Å². The van der Waals surface area contributed by atoms with Gasteiger partial charge < -0.3 is 10.4 Å². The Morgan fingerprint density at radius 1 is 1.50 bits per heavy atom. The van der Waals surface area contributed by atoms with E-state index in [1.165, 1.54) is 17.5 Å². The second-order valence-electron chi connectivity index (χ2n) is 3.65. The van der Waals surface area contributed by atoms with Gasteiger partial charge in [-0.1, -0.05) is 0 Å². The van der Waals surface area contributed by atoms with E-state index in [0.29, 0.717) is 10.2 Å². The van der Waals surface area contributed by atoms with Crippen molar-refractivity contribution in [2.75, 3.05) is 6.54 Å². The second kappa shape index (κ2) is 6.08. The van der Waals surface area contributed by atoms with Crippen molar-refractivity contribution < 1.29 is 9.90 Å². The van der Waals surface area contributed by atoms with E-state index in [4.69, 9.17) is 0 Å². The molecule has 0 radical (unpaired) electrons. The van der Waals surface area contributed by atoms with E-state index in [0.717, 1.165) is 5.56 Å². The van der Waals surface area contributed by atoms with Crippen molar-refractivity contribution >= 4 is 33.2 Å². The van der Waals surface area contributed by atoms with Crippen molar-refractivity contribution in [3.8, 4) is 0 Å². The standard InChI is InChI=1S/C12H11BrN2O2S/c13-11-2-1-8(5-14-11)12(17)15-6-10(16)9-3-4-18-7-9/h1-5,7,10,16H,6H2,(H,15,17). The summed E-state index contributed by atoms with van der Waals surface area (Å²) in [5, 5.41) is 16.2. The van der Waals surface area contributed by atoms with E-state index in [-0.39, 0.29) is 12.5 Å². The van der Waals surface area contributed by atoms with E-state index in [9.17, 15) is 9.90 Å². The van der Waals surface area contributed by atoms with Crippen LogP contribution in [0.3, 0.4) is 0 Å². The molecule has 0 spiro atoms. The Balaban J connectivity index is 1.90. The van der Waals surface area contributed by atoms with Gasteiger partial charge in [-0.25, -0.2) is 4.98 Å².